The molecule has 0 aliphatic carbocycles. The molecule has 1 unspecified atom stereocenters. The average Bonchev–Trinajstić information content (AvgIpc) is 2.75. The van der Waals surface area contributed by atoms with E-state index in [4.69, 9.17) is 4.74 Å². The van der Waals surface area contributed by atoms with Gasteiger partial charge in [-0.2, -0.15) is 0 Å². The second kappa shape index (κ2) is 6.69. The molecule has 2 heterocycles. The average molecular weight is 292 g/mol. The number of amides is 4. The first kappa shape index (κ1) is 14.8. The number of carbonyl (C=O) groups excluding carboxylic acids is 3. The van der Waals surface area contributed by atoms with Gasteiger partial charge in [0.05, 0.1) is 13.0 Å². The third-order valence-electron chi connectivity index (χ3n) is 2.83. The molecule has 21 heavy (non-hydrogen) atoms. The van der Waals surface area contributed by atoms with Crippen molar-refractivity contribution in [3.8, 4) is 5.88 Å². The van der Waals surface area contributed by atoms with Crippen LogP contribution >= 0.6 is 0 Å². The fourth-order valence-corrected chi connectivity index (χ4v) is 1.85. The van der Waals surface area contributed by atoms with Crippen LogP contribution in [0.15, 0.2) is 18.3 Å². The highest BCUT2D eigenvalue weighted by Crippen LogP contribution is 2.09. The van der Waals surface area contributed by atoms with Crippen LogP contribution in [0.4, 0.5) is 4.79 Å². The number of urea groups is 1. The largest absolute Gasteiger partial charge is 0.478 e. The Hall–Kier alpha value is -2.64. The van der Waals surface area contributed by atoms with E-state index in [9.17, 15) is 14.4 Å². The molecule has 0 aromatic carbocycles. The first-order valence-electron chi connectivity index (χ1n) is 6.54. The number of aromatic nitrogens is 1. The molecular weight excluding hydrogens is 276 g/mol. The van der Waals surface area contributed by atoms with Crippen molar-refractivity contribution in [1.82, 2.24) is 20.9 Å². The van der Waals surface area contributed by atoms with Crippen LogP contribution in [0.5, 0.6) is 5.88 Å². The van der Waals surface area contributed by atoms with Gasteiger partial charge < -0.3 is 15.4 Å². The maximum absolute atomic E-state index is 11.7. The van der Waals surface area contributed by atoms with E-state index in [2.05, 4.69) is 20.9 Å². The molecule has 1 fully saturated rings. The number of imide groups is 1. The molecule has 1 aliphatic rings. The van der Waals surface area contributed by atoms with Gasteiger partial charge in [0.25, 0.3) is 5.91 Å². The van der Waals surface area contributed by atoms with E-state index in [1.807, 2.05) is 6.92 Å². The molecule has 0 saturated carbocycles. The lowest BCUT2D eigenvalue weighted by molar-refractivity contribution is -0.126. The van der Waals surface area contributed by atoms with Crippen molar-refractivity contribution < 1.29 is 19.1 Å². The van der Waals surface area contributed by atoms with E-state index in [-0.39, 0.29) is 12.3 Å². The zero-order valence-electron chi connectivity index (χ0n) is 11.5. The predicted octanol–water partition coefficient (Wildman–Crippen LogP) is -0.305. The molecule has 1 aromatic heterocycles. The number of hydrogen-bond donors (Lipinski definition) is 3. The van der Waals surface area contributed by atoms with Crippen molar-refractivity contribution in [2.75, 3.05) is 6.61 Å². The first-order valence-corrected chi connectivity index (χ1v) is 6.54. The molecular formula is C13H16N4O4. The van der Waals surface area contributed by atoms with Crippen LogP contribution in [0.25, 0.3) is 0 Å². The number of rotatable bonds is 6. The smallest absolute Gasteiger partial charge is 0.322 e. The van der Waals surface area contributed by atoms with Crippen LogP contribution in [0.3, 0.4) is 0 Å². The van der Waals surface area contributed by atoms with Crippen molar-refractivity contribution in [3.05, 3.63) is 23.9 Å². The van der Waals surface area contributed by atoms with Crippen LogP contribution in [0, 0.1) is 0 Å². The summed E-state index contributed by atoms with van der Waals surface area (Å²) in [5.74, 6) is -0.323. The Morgan fingerprint density at radius 1 is 1.48 bits per heavy atom. The van der Waals surface area contributed by atoms with Crippen LogP contribution in [0.1, 0.15) is 18.9 Å². The van der Waals surface area contributed by atoms with Crippen molar-refractivity contribution >= 4 is 17.8 Å². The lowest BCUT2D eigenvalue weighted by atomic mass is 10.2. The molecule has 112 valence electrons. The molecule has 0 radical (unpaired) electrons. The maximum atomic E-state index is 11.7. The molecule has 0 spiro atoms. The molecule has 0 bridgehead atoms. The fraction of sp³-hybridized carbons (Fsp3) is 0.385. The summed E-state index contributed by atoms with van der Waals surface area (Å²) in [6, 6.07) is 2.10. The van der Waals surface area contributed by atoms with Gasteiger partial charge in [0.15, 0.2) is 0 Å². The van der Waals surface area contributed by atoms with E-state index in [1.54, 1.807) is 18.3 Å². The molecule has 1 saturated heterocycles. The van der Waals surface area contributed by atoms with Crippen LogP contribution in [-0.2, 0) is 16.1 Å². The minimum atomic E-state index is -0.811. The van der Waals surface area contributed by atoms with Crippen molar-refractivity contribution in [2.24, 2.45) is 0 Å². The molecule has 2 rings (SSSR count). The lowest BCUT2D eigenvalue weighted by Gasteiger charge is -2.09. The summed E-state index contributed by atoms with van der Waals surface area (Å²) >= 11 is 0. The van der Waals surface area contributed by atoms with E-state index < -0.39 is 18.0 Å². The number of hydrogen-bond acceptors (Lipinski definition) is 5. The number of nitrogens with zero attached hydrogens (tertiary/aromatic N) is 1. The second-order valence-electron chi connectivity index (χ2n) is 4.43. The number of ether oxygens (including phenoxy) is 1. The molecule has 4 amide bonds. The Morgan fingerprint density at radius 3 is 2.95 bits per heavy atom. The summed E-state index contributed by atoms with van der Waals surface area (Å²) in [6.07, 6.45) is 1.50. The topological polar surface area (TPSA) is 109 Å². The molecule has 8 heteroatoms. The van der Waals surface area contributed by atoms with Crippen LogP contribution in [0.2, 0.25) is 0 Å². The third-order valence-corrected chi connectivity index (χ3v) is 2.83. The standard InChI is InChI=1S/C13H16N4O4/c1-2-21-11-5-8(3-4-14-11)7-15-10(18)6-9-12(19)17-13(20)16-9/h3-5,9H,2,6-7H2,1H3,(H,15,18)(H2,16,17,19,20). The Bertz CT molecular complexity index is 561. The summed E-state index contributed by atoms with van der Waals surface area (Å²) in [6.45, 7) is 2.67. The number of pyridine rings is 1. The Kier molecular flexibility index (Phi) is 4.70. The van der Waals surface area contributed by atoms with Gasteiger partial charge in [0.2, 0.25) is 11.8 Å². The monoisotopic (exact) mass is 292 g/mol. The quantitative estimate of drug-likeness (QED) is 0.623. The van der Waals surface area contributed by atoms with Gasteiger partial charge in [0.1, 0.15) is 6.04 Å². The summed E-state index contributed by atoms with van der Waals surface area (Å²) in [7, 11) is 0. The summed E-state index contributed by atoms with van der Waals surface area (Å²) in [5.41, 5.74) is 0.835. The van der Waals surface area contributed by atoms with E-state index >= 15 is 0 Å². The van der Waals surface area contributed by atoms with Gasteiger partial charge in [-0.25, -0.2) is 9.78 Å². The highest BCUT2D eigenvalue weighted by Gasteiger charge is 2.31. The van der Waals surface area contributed by atoms with Gasteiger partial charge in [-0.1, -0.05) is 0 Å². The normalized spacial score (nSPS) is 17.1. The molecule has 8 nitrogen and oxygen atoms in total. The van der Waals surface area contributed by atoms with Crippen molar-refractivity contribution in [3.63, 3.8) is 0 Å². The lowest BCUT2D eigenvalue weighted by Crippen LogP contribution is -2.36. The highest BCUT2D eigenvalue weighted by molar-refractivity contribution is 6.05. The maximum Gasteiger partial charge on any atom is 0.322 e. The van der Waals surface area contributed by atoms with Gasteiger partial charge in [-0.15, -0.1) is 0 Å². The second-order valence-corrected chi connectivity index (χ2v) is 4.43. The number of carbonyl (C=O) groups is 3. The van der Waals surface area contributed by atoms with Gasteiger partial charge in [-0.3, -0.25) is 14.9 Å². The highest BCUT2D eigenvalue weighted by atomic mass is 16.5. The van der Waals surface area contributed by atoms with E-state index in [0.717, 1.165) is 5.56 Å². The van der Waals surface area contributed by atoms with Crippen molar-refractivity contribution in [1.29, 1.82) is 0 Å². The first-order chi connectivity index (χ1) is 10.1. The minimum Gasteiger partial charge on any atom is -0.478 e. The zero-order valence-corrected chi connectivity index (χ0v) is 11.5. The van der Waals surface area contributed by atoms with Crippen molar-refractivity contribution in [2.45, 2.75) is 25.9 Å². The minimum absolute atomic E-state index is 0.0963. The Labute approximate surface area is 121 Å². The summed E-state index contributed by atoms with van der Waals surface area (Å²) in [4.78, 5) is 38.0. The van der Waals surface area contributed by atoms with E-state index in [0.29, 0.717) is 19.0 Å². The van der Waals surface area contributed by atoms with E-state index in [1.165, 1.54) is 0 Å². The third kappa shape index (κ3) is 4.16. The fourth-order valence-electron chi connectivity index (χ4n) is 1.85. The zero-order chi connectivity index (χ0) is 15.2. The Balaban J connectivity index is 1.82. The summed E-state index contributed by atoms with van der Waals surface area (Å²) in [5, 5.41) is 7.12. The predicted molar refractivity (Wildman–Crippen MR) is 72.3 cm³/mol. The van der Waals surface area contributed by atoms with Crippen LogP contribution in [-0.4, -0.2) is 35.5 Å². The summed E-state index contributed by atoms with van der Waals surface area (Å²) < 4.78 is 5.26. The van der Waals surface area contributed by atoms with Gasteiger partial charge >= 0.3 is 6.03 Å². The number of nitrogens with one attached hydrogen (secondary N) is 3. The van der Waals surface area contributed by atoms with Crippen LogP contribution < -0.4 is 20.7 Å². The molecule has 1 aliphatic heterocycles. The molecule has 1 aromatic rings. The van der Waals surface area contributed by atoms with Gasteiger partial charge in [0, 0.05) is 18.8 Å². The SMILES string of the molecule is CCOc1cc(CNC(=O)CC2NC(=O)NC2=O)ccn1. The molecule has 3 N–H and O–H groups in total. The van der Waals surface area contributed by atoms with Gasteiger partial charge in [-0.05, 0) is 18.6 Å². The molecule has 1 atom stereocenters. The Morgan fingerprint density at radius 2 is 2.29 bits per heavy atom.